The Balaban J connectivity index is 1.75. The summed E-state index contributed by atoms with van der Waals surface area (Å²) in [6.45, 7) is 0. The Kier molecular flexibility index (Phi) is 5.34. The minimum atomic E-state index is -3.83. The number of sulfonamides is 1. The predicted molar refractivity (Wildman–Crippen MR) is 108 cm³/mol. The van der Waals surface area contributed by atoms with E-state index in [1.54, 1.807) is 36.4 Å². The fourth-order valence-electron chi connectivity index (χ4n) is 2.37. The number of hydrogen-bond donors (Lipinski definition) is 3. The molecule has 3 rings (SSSR count). The summed E-state index contributed by atoms with van der Waals surface area (Å²) in [4.78, 5) is 12.3. The van der Waals surface area contributed by atoms with Crippen LogP contribution in [0.4, 0.5) is 17.1 Å². The van der Waals surface area contributed by atoms with Crippen LogP contribution in [0, 0.1) is 0 Å². The molecule has 0 radical (unpaired) electrons. The van der Waals surface area contributed by atoms with E-state index in [0.29, 0.717) is 22.6 Å². The molecule has 0 aliphatic heterocycles. The minimum Gasteiger partial charge on any atom is -0.397 e. The van der Waals surface area contributed by atoms with Gasteiger partial charge in [-0.15, -0.1) is 0 Å². The highest BCUT2D eigenvalue weighted by molar-refractivity contribution is 7.92. The van der Waals surface area contributed by atoms with Crippen molar-refractivity contribution in [1.29, 1.82) is 0 Å². The third-order valence-corrected chi connectivity index (χ3v) is 5.62. The molecule has 0 heterocycles. The van der Waals surface area contributed by atoms with Gasteiger partial charge in [-0.05, 0) is 48.5 Å². The number of amides is 1. The molecule has 3 aromatic carbocycles. The molecule has 0 aliphatic carbocycles. The number of rotatable bonds is 5. The van der Waals surface area contributed by atoms with Gasteiger partial charge in [0.25, 0.3) is 15.9 Å². The van der Waals surface area contributed by atoms with Crippen LogP contribution in [0.2, 0.25) is 5.02 Å². The molecular formula is C19H16ClN3O3S. The average molecular weight is 402 g/mol. The molecular weight excluding hydrogens is 386 g/mol. The zero-order chi connectivity index (χ0) is 19.4. The molecule has 0 aromatic heterocycles. The third-order valence-electron chi connectivity index (χ3n) is 3.73. The summed E-state index contributed by atoms with van der Waals surface area (Å²) >= 11 is 5.95. The van der Waals surface area contributed by atoms with Gasteiger partial charge in [0.2, 0.25) is 0 Å². The van der Waals surface area contributed by atoms with E-state index in [9.17, 15) is 13.2 Å². The van der Waals surface area contributed by atoms with Crippen molar-refractivity contribution in [2.24, 2.45) is 0 Å². The summed E-state index contributed by atoms with van der Waals surface area (Å²) in [5.74, 6) is -0.353. The summed E-state index contributed by atoms with van der Waals surface area (Å²) in [6, 6.07) is 19.1. The molecule has 6 nitrogen and oxygen atoms in total. The number of para-hydroxylation sites is 2. The quantitative estimate of drug-likeness (QED) is 0.563. The molecule has 0 saturated heterocycles. The van der Waals surface area contributed by atoms with Gasteiger partial charge in [0.05, 0.1) is 16.4 Å². The van der Waals surface area contributed by atoms with Gasteiger partial charge in [0.15, 0.2) is 0 Å². The van der Waals surface area contributed by atoms with E-state index in [1.165, 1.54) is 36.4 Å². The lowest BCUT2D eigenvalue weighted by Crippen LogP contribution is -2.15. The Labute approximate surface area is 162 Å². The Bertz CT molecular complexity index is 1080. The lowest BCUT2D eigenvalue weighted by atomic mass is 10.2. The number of halogens is 1. The summed E-state index contributed by atoms with van der Waals surface area (Å²) in [5, 5.41) is 2.83. The second-order valence-corrected chi connectivity index (χ2v) is 7.71. The second-order valence-electron chi connectivity index (χ2n) is 5.65. The maximum Gasteiger partial charge on any atom is 0.263 e. The molecule has 0 atom stereocenters. The van der Waals surface area contributed by atoms with Crippen LogP contribution in [0.15, 0.2) is 77.7 Å². The molecule has 0 bridgehead atoms. The lowest BCUT2D eigenvalue weighted by molar-refractivity contribution is 0.102. The molecule has 0 fully saturated rings. The van der Waals surface area contributed by atoms with E-state index in [-0.39, 0.29) is 15.8 Å². The number of hydrogen-bond acceptors (Lipinski definition) is 4. The van der Waals surface area contributed by atoms with Crippen molar-refractivity contribution in [3.63, 3.8) is 0 Å². The zero-order valence-electron chi connectivity index (χ0n) is 14.0. The molecule has 138 valence electrons. The smallest absolute Gasteiger partial charge is 0.263 e. The van der Waals surface area contributed by atoms with Crippen molar-refractivity contribution in [2.75, 3.05) is 15.8 Å². The van der Waals surface area contributed by atoms with Gasteiger partial charge in [-0.3, -0.25) is 9.52 Å². The minimum absolute atomic E-state index is 0.0203. The molecule has 0 unspecified atom stereocenters. The first-order chi connectivity index (χ1) is 12.9. The zero-order valence-corrected chi connectivity index (χ0v) is 15.6. The number of carbonyl (C=O) groups excluding carboxylic acids is 1. The van der Waals surface area contributed by atoms with Crippen molar-refractivity contribution < 1.29 is 13.2 Å². The van der Waals surface area contributed by atoms with Crippen LogP contribution in [0.25, 0.3) is 0 Å². The van der Waals surface area contributed by atoms with Crippen molar-refractivity contribution in [3.05, 3.63) is 83.4 Å². The molecule has 27 heavy (non-hydrogen) atoms. The monoisotopic (exact) mass is 401 g/mol. The predicted octanol–water partition coefficient (Wildman–Crippen LogP) is 3.98. The molecule has 8 heteroatoms. The second kappa shape index (κ2) is 7.69. The Morgan fingerprint density at radius 2 is 1.52 bits per heavy atom. The largest absolute Gasteiger partial charge is 0.397 e. The summed E-state index contributed by atoms with van der Waals surface area (Å²) in [6.07, 6.45) is 0. The van der Waals surface area contributed by atoms with Gasteiger partial charge in [-0.1, -0.05) is 35.9 Å². The normalized spacial score (nSPS) is 11.0. The van der Waals surface area contributed by atoms with Gasteiger partial charge < -0.3 is 11.1 Å². The third kappa shape index (κ3) is 4.39. The standard InChI is InChI=1S/C19H16ClN3O3S/c20-15-5-1-4-8-18(15)27(25,26)23-14-11-9-13(10-12-14)19(24)22-17-7-3-2-6-16(17)21/h1-12,23H,21H2,(H,22,24). The average Bonchev–Trinajstić information content (AvgIpc) is 2.64. The van der Waals surface area contributed by atoms with Crippen LogP contribution < -0.4 is 15.8 Å². The van der Waals surface area contributed by atoms with Crippen LogP contribution >= 0.6 is 11.6 Å². The first-order valence-electron chi connectivity index (χ1n) is 7.90. The van der Waals surface area contributed by atoms with Gasteiger partial charge >= 0.3 is 0 Å². The number of nitrogen functional groups attached to an aromatic ring is 1. The molecule has 1 amide bonds. The molecule has 0 aliphatic rings. The summed E-state index contributed by atoms with van der Waals surface area (Å²) < 4.78 is 27.3. The van der Waals surface area contributed by atoms with Crippen LogP contribution in [-0.4, -0.2) is 14.3 Å². The van der Waals surface area contributed by atoms with Crippen molar-refractivity contribution in [1.82, 2.24) is 0 Å². The SMILES string of the molecule is Nc1ccccc1NC(=O)c1ccc(NS(=O)(=O)c2ccccc2Cl)cc1. The fourth-order valence-corrected chi connectivity index (χ4v) is 3.95. The Morgan fingerprint density at radius 1 is 0.889 bits per heavy atom. The maximum atomic E-state index is 12.4. The van der Waals surface area contributed by atoms with Crippen LogP contribution in [0.1, 0.15) is 10.4 Å². The Hall–Kier alpha value is -3.03. The van der Waals surface area contributed by atoms with Crippen molar-refractivity contribution in [3.8, 4) is 0 Å². The van der Waals surface area contributed by atoms with E-state index >= 15 is 0 Å². The van der Waals surface area contributed by atoms with E-state index < -0.39 is 10.0 Å². The first-order valence-corrected chi connectivity index (χ1v) is 9.76. The van der Waals surface area contributed by atoms with Crippen LogP contribution in [0.3, 0.4) is 0 Å². The summed E-state index contributed by atoms with van der Waals surface area (Å²) in [7, 11) is -3.83. The maximum absolute atomic E-state index is 12.4. The van der Waals surface area contributed by atoms with Crippen molar-refractivity contribution >= 4 is 44.6 Å². The molecule has 0 spiro atoms. The van der Waals surface area contributed by atoms with Gasteiger partial charge in [0, 0.05) is 11.3 Å². The number of carbonyl (C=O) groups is 1. The lowest BCUT2D eigenvalue weighted by Gasteiger charge is -2.11. The van der Waals surface area contributed by atoms with Crippen LogP contribution in [-0.2, 0) is 10.0 Å². The Morgan fingerprint density at radius 3 is 2.19 bits per heavy atom. The van der Waals surface area contributed by atoms with E-state index in [2.05, 4.69) is 10.0 Å². The van der Waals surface area contributed by atoms with Gasteiger partial charge in [-0.25, -0.2) is 8.42 Å². The number of benzene rings is 3. The number of anilines is 3. The molecule has 0 saturated carbocycles. The fraction of sp³-hybridized carbons (Fsp3) is 0. The number of nitrogens with two attached hydrogens (primary N) is 1. The summed E-state index contributed by atoms with van der Waals surface area (Å²) in [5.41, 5.74) is 7.44. The van der Waals surface area contributed by atoms with Gasteiger partial charge in [-0.2, -0.15) is 0 Å². The molecule has 4 N–H and O–H groups in total. The van der Waals surface area contributed by atoms with Crippen LogP contribution in [0.5, 0.6) is 0 Å². The van der Waals surface area contributed by atoms with Crippen molar-refractivity contribution in [2.45, 2.75) is 4.90 Å². The topological polar surface area (TPSA) is 101 Å². The first kappa shape index (κ1) is 18.8. The van der Waals surface area contributed by atoms with E-state index in [4.69, 9.17) is 17.3 Å². The van der Waals surface area contributed by atoms with E-state index in [0.717, 1.165) is 0 Å². The highest BCUT2D eigenvalue weighted by Crippen LogP contribution is 2.24. The number of nitrogens with one attached hydrogen (secondary N) is 2. The van der Waals surface area contributed by atoms with Gasteiger partial charge in [0.1, 0.15) is 4.90 Å². The van der Waals surface area contributed by atoms with E-state index in [1.807, 2.05) is 0 Å². The highest BCUT2D eigenvalue weighted by Gasteiger charge is 2.17. The molecule has 3 aromatic rings. The highest BCUT2D eigenvalue weighted by atomic mass is 35.5.